The second-order valence-electron chi connectivity index (χ2n) is 6.83. The Hall–Kier alpha value is -2.05. The highest BCUT2D eigenvalue weighted by Gasteiger charge is 2.42. The van der Waals surface area contributed by atoms with E-state index >= 15 is 0 Å². The van der Waals surface area contributed by atoms with E-state index in [1.54, 1.807) is 17.0 Å². The summed E-state index contributed by atoms with van der Waals surface area (Å²) in [5.74, 6) is -1.67. The Balaban J connectivity index is 1.75. The Labute approximate surface area is 197 Å². The first kappa shape index (κ1) is 22.2. The predicted octanol–water partition coefficient (Wildman–Crippen LogP) is 3.11. The van der Waals surface area contributed by atoms with E-state index < -0.39 is 21.8 Å². The zero-order chi connectivity index (χ0) is 22.3. The SMILES string of the molecule is O=C1/C(=C2/C(=O)N(Cc3ccccc3)c3ccc(Br)cc32)SC(=S)N1CCS(=O)(=O)[O-]. The van der Waals surface area contributed by atoms with Crippen LogP contribution in [-0.2, 0) is 26.3 Å². The average molecular weight is 538 g/mol. The molecule has 160 valence electrons. The van der Waals surface area contributed by atoms with Gasteiger partial charge in [0, 0.05) is 16.6 Å². The zero-order valence-corrected chi connectivity index (χ0v) is 19.8. The number of carbonyl (C=O) groups is 2. The molecule has 7 nitrogen and oxygen atoms in total. The molecule has 2 aliphatic heterocycles. The summed E-state index contributed by atoms with van der Waals surface area (Å²) >= 11 is 9.57. The molecule has 0 N–H and O–H groups in total. The standard InChI is InChI=1S/C20H15BrN2O5S3/c21-13-6-7-15-14(10-13)16(18(24)23(15)11-12-4-2-1-3-5-12)17-19(25)22(20(29)30-17)8-9-31(26,27)28/h1-7,10H,8-9,11H2,(H,26,27,28)/p-1/b17-16-. The molecule has 31 heavy (non-hydrogen) atoms. The fourth-order valence-corrected chi connectivity index (χ4v) is 5.54. The highest BCUT2D eigenvalue weighted by atomic mass is 79.9. The molecule has 2 heterocycles. The van der Waals surface area contributed by atoms with Gasteiger partial charge in [-0.3, -0.25) is 14.5 Å². The fraction of sp³-hybridized carbons (Fsp3) is 0.150. The summed E-state index contributed by atoms with van der Waals surface area (Å²) < 4.78 is 33.8. The summed E-state index contributed by atoms with van der Waals surface area (Å²) in [7, 11) is -4.51. The van der Waals surface area contributed by atoms with Gasteiger partial charge in [-0.1, -0.05) is 70.2 Å². The van der Waals surface area contributed by atoms with E-state index in [0.717, 1.165) is 26.7 Å². The number of hydrogen-bond acceptors (Lipinski definition) is 7. The van der Waals surface area contributed by atoms with Gasteiger partial charge in [0.25, 0.3) is 11.8 Å². The molecule has 0 spiro atoms. The maximum absolute atomic E-state index is 13.4. The van der Waals surface area contributed by atoms with Gasteiger partial charge >= 0.3 is 0 Å². The fourth-order valence-electron chi connectivity index (χ4n) is 3.39. The number of rotatable bonds is 5. The predicted molar refractivity (Wildman–Crippen MR) is 125 cm³/mol. The lowest BCUT2D eigenvalue weighted by Crippen LogP contribution is -2.33. The maximum atomic E-state index is 13.4. The monoisotopic (exact) mass is 537 g/mol. The van der Waals surface area contributed by atoms with E-state index in [1.807, 2.05) is 36.4 Å². The van der Waals surface area contributed by atoms with Crippen LogP contribution < -0.4 is 4.90 Å². The third-order valence-electron chi connectivity index (χ3n) is 4.80. The molecule has 0 saturated carbocycles. The number of fused-ring (bicyclic) bond motifs is 1. The van der Waals surface area contributed by atoms with Crippen molar-refractivity contribution in [3.8, 4) is 0 Å². The third-order valence-corrected chi connectivity index (χ3v) is 7.43. The molecule has 11 heteroatoms. The summed E-state index contributed by atoms with van der Waals surface area (Å²) in [5.41, 5.74) is 2.41. The lowest BCUT2D eigenvalue weighted by molar-refractivity contribution is -0.122. The number of anilines is 1. The topological polar surface area (TPSA) is 97.8 Å². The van der Waals surface area contributed by atoms with Crippen molar-refractivity contribution in [2.75, 3.05) is 17.2 Å². The maximum Gasteiger partial charge on any atom is 0.267 e. The molecule has 0 unspecified atom stereocenters. The molecule has 1 saturated heterocycles. The van der Waals surface area contributed by atoms with Crippen molar-refractivity contribution in [1.29, 1.82) is 0 Å². The summed E-state index contributed by atoms with van der Waals surface area (Å²) in [4.78, 5) is 29.2. The van der Waals surface area contributed by atoms with Gasteiger partial charge in [0.1, 0.15) is 4.32 Å². The molecule has 0 radical (unpaired) electrons. The lowest BCUT2D eigenvalue weighted by Gasteiger charge is -2.17. The highest BCUT2D eigenvalue weighted by Crippen LogP contribution is 2.45. The first-order valence-corrected chi connectivity index (χ1v) is 12.6. The molecule has 1 fully saturated rings. The average Bonchev–Trinajstić information content (AvgIpc) is 3.13. The largest absolute Gasteiger partial charge is 0.748 e. The molecule has 2 aliphatic rings. The quantitative estimate of drug-likeness (QED) is 0.328. The van der Waals surface area contributed by atoms with Gasteiger partial charge in [-0.05, 0) is 23.8 Å². The van der Waals surface area contributed by atoms with Crippen LogP contribution in [0.4, 0.5) is 5.69 Å². The molecule has 4 rings (SSSR count). The first-order valence-electron chi connectivity index (χ1n) is 9.03. The number of thioether (sulfide) groups is 1. The summed E-state index contributed by atoms with van der Waals surface area (Å²) in [6, 6.07) is 14.9. The summed E-state index contributed by atoms with van der Waals surface area (Å²) in [5, 5.41) is 0. The van der Waals surface area contributed by atoms with E-state index in [4.69, 9.17) is 12.2 Å². The van der Waals surface area contributed by atoms with Crippen molar-refractivity contribution >= 4 is 77.4 Å². The number of benzene rings is 2. The van der Waals surface area contributed by atoms with Crippen LogP contribution in [0.15, 0.2) is 57.9 Å². The normalized spacial score (nSPS) is 18.8. The highest BCUT2D eigenvalue weighted by molar-refractivity contribution is 9.10. The molecule has 0 atom stereocenters. The van der Waals surface area contributed by atoms with Gasteiger partial charge in [-0.25, -0.2) is 8.42 Å². The third kappa shape index (κ3) is 4.46. The molecule has 0 aromatic heterocycles. The van der Waals surface area contributed by atoms with Crippen LogP contribution in [0, 0.1) is 0 Å². The van der Waals surface area contributed by atoms with Gasteiger partial charge in [0.15, 0.2) is 0 Å². The van der Waals surface area contributed by atoms with E-state index in [9.17, 15) is 22.6 Å². The minimum atomic E-state index is -4.51. The van der Waals surface area contributed by atoms with Gasteiger partial charge < -0.3 is 9.45 Å². The number of nitrogens with zero attached hydrogens (tertiary/aromatic N) is 2. The zero-order valence-electron chi connectivity index (χ0n) is 15.8. The van der Waals surface area contributed by atoms with Crippen molar-refractivity contribution in [3.05, 3.63) is 69.0 Å². The van der Waals surface area contributed by atoms with Gasteiger partial charge in [0.05, 0.1) is 38.6 Å². The number of thiocarbonyl (C=S) groups is 1. The van der Waals surface area contributed by atoms with Crippen LogP contribution >= 0.6 is 39.9 Å². The van der Waals surface area contributed by atoms with Crippen LogP contribution in [0.3, 0.4) is 0 Å². The van der Waals surface area contributed by atoms with Crippen LogP contribution in [0.2, 0.25) is 0 Å². The molecular formula is C20H14BrN2O5S3-. The van der Waals surface area contributed by atoms with E-state index in [1.165, 1.54) is 0 Å². The summed E-state index contributed by atoms with van der Waals surface area (Å²) in [6.07, 6.45) is 0. The number of amides is 2. The van der Waals surface area contributed by atoms with Crippen molar-refractivity contribution in [2.24, 2.45) is 0 Å². The van der Waals surface area contributed by atoms with Crippen LogP contribution in [0.25, 0.3) is 5.57 Å². The van der Waals surface area contributed by atoms with Crippen LogP contribution in [-0.4, -0.2) is 46.3 Å². The van der Waals surface area contributed by atoms with Crippen molar-refractivity contribution in [3.63, 3.8) is 0 Å². The van der Waals surface area contributed by atoms with Gasteiger partial charge in [-0.15, -0.1) is 0 Å². The smallest absolute Gasteiger partial charge is 0.267 e. The second-order valence-corrected chi connectivity index (χ2v) is 10.9. The first-order chi connectivity index (χ1) is 14.7. The summed E-state index contributed by atoms with van der Waals surface area (Å²) in [6.45, 7) is -0.0208. The van der Waals surface area contributed by atoms with E-state index in [0.29, 0.717) is 17.8 Å². The van der Waals surface area contributed by atoms with E-state index in [2.05, 4.69) is 15.9 Å². The molecule has 2 aromatic carbocycles. The Morgan fingerprint density at radius 1 is 1.03 bits per heavy atom. The van der Waals surface area contributed by atoms with Gasteiger partial charge in [-0.2, -0.15) is 0 Å². The van der Waals surface area contributed by atoms with E-state index in [-0.39, 0.29) is 27.3 Å². The van der Waals surface area contributed by atoms with Crippen molar-refractivity contribution in [2.45, 2.75) is 6.54 Å². The minimum absolute atomic E-state index is 0.113. The lowest BCUT2D eigenvalue weighted by atomic mass is 10.1. The number of halogens is 1. The second kappa shape index (κ2) is 8.47. The van der Waals surface area contributed by atoms with Crippen LogP contribution in [0.1, 0.15) is 11.1 Å². The number of carbonyl (C=O) groups excluding carboxylic acids is 2. The van der Waals surface area contributed by atoms with Crippen molar-refractivity contribution < 1.29 is 22.6 Å². The minimum Gasteiger partial charge on any atom is -0.748 e. The number of hydrogen-bond donors (Lipinski definition) is 0. The molecule has 2 aromatic rings. The van der Waals surface area contributed by atoms with Gasteiger partial charge in [0.2, 0.25) is 0 Å². The van der Waals surface area contributed by atoms with Crippen LogP contribution in [0.5, 0.6) is 0 Å². The molecular weight excluding hydrogens is 524 g/mol. The molecule has 2 amide bonds. The Morgan fingerprint density at radius 3 is 2.42 bits per heavy atom. The molecule has 0 bridgehead atoms. The Morgan fingerprint density at radius 2 is 1.74 bits per heavy atom. The molecule has 0 aliphatic carbocycles. The Bertz CT molecular complexity index is 1240. The van der Waals surface area contributed by atoms with Crippen molar-refractivity contribution in [1.82, 2.24) is 4.90 Å². The Kier molecular flexibility index (Phi) is 6.05.